The zero-order valence-electron chi connectivity index (χ0n) is 33.9. The number of nitrogens with zero attached hydrogens (tertiary/aromatic N) is 5. The summed E-state index contributed by atoms with van der Waals surface area (Å²) in [6.45, 7) is 13.4. The second kappa shape index (κ2) is 18.3. The maximum atomic E-state index is 14.1. The van der Waals surface area contributed by atoms with Crippen molar-refractivity contribution in [1.29, 1.82) is 0 Å². The van der Waals surface area contributed by atoms with Crippen LogP contribution in [-0.2, 0) is 17.1 Å². The van der Waals surface area contributed by atoms with Crippen molar-refractivity contribution in [1.82, 2.24) is 19.7 Å². The molecule has 0 saturated carbocycles. The molecule has 7 rings (SSSR count). The Bertz CT molecular complexity index is 2300. The second-order valence-electron chi connectivity index (χ2n) is 15.1. The first-order valence-electron chi connectivity index (χ1n) is 20.1. The molecule has 13 heteroatoms. The van der Waals surface area contributed by atoms with Crippen molar-refractivity contribution < 1.29 is 17.9 Å². The molecule has 58 heavy (non-hydrogen) atoms. The highest BCUT2D eigenvalue weighted by molar-refractivity contribution is 7.92. The van der Waals surface area contributed by atoms with E-state index in [9.17, 15) is 13.2 Å². The number of halogens is 1. The smallest absolute Gasteiger partial charge is 0.262 e. The highest BCUT2D eigenvalue weighted by Gasteiger charge is 2.27. The summed E-state index contributed by atoms with van der Waals surface area (Å²) in [6, 6.07) is 30.4. The molecule has 2 N–H and O–H groups in total. The molecule has 1 amide bonds. The molecular formula is C45H54ClN7O4S. The number of hydrogen-bond donors (Lipinski definition) is 2. The van der Waals surface area contributed by atoms with Gasteiger partial charge in [-0.25, -0.2) is 8.42 Å². The van der Waals surface area contributed by atoms with E-state index in [-0.39, 0.29) is 10.8 Å². The lowest BCUT2D eigenvalue weighted by atomic mass is 9.95. The highest BCUT2D eigenvalue weighted by Crippen LogP contribution is 2.40. The van der Waals surface area contributed by atoms with Crippen molar-refractivity contribution in [3.8, 4) is 28.1 Å². The molecule has 0 bridgehead atoms. The monoisotopic (exact) mass is 823 g/mol. The van der Waals surface area contributed by atoms with Crippen molar-refractivity contribution in [2.45, 2.75) is 25.2 Å². The Morgan fingerprint density at radius 2 is 1.45 bits per heavy atom. The lowest BCUT2D eigenvalue weighted by molar-refractivity contribution is 0.0949. The molecule has 3 heterocycles. The third kappa shape index (κ3) is 9.47. The molecule has 0 aliphatic carbocycles. The number of anilines is 3. The van der Waals surface area contributed by atoms with E-state index in [1.165, 1.54) is 6.07 Å². The molecule has 11 nitrogen and oxygen atoms in total. The van der Waals surface area contributed by atoms with Gasteiger partial charge in [0, 0.05) is 105 Å². The van der Waals surface area contributed by atoms with Crippen molar-refractivity contribution >= 4 is 44.6 Å². The summed E-state index contributed by atoms with van der Waals surface area (Å²) in [7, 11) is 0.416. The van der Waals surface area contributed by atoms with Gasteiger partial charge in [-0.05, 0) is 106 Å². The van der Waals surface area contributed by atoms with Gasteiger partial charge in [0.15, 0.2) is 0 Å². The fourth-order valence-electron chi connectivity index (χ4n) is 7.90. The molecule has 4 aromatic carbocycles. The zero-order chi connectivity index (χ0) is 40.8. The summed E-state index contributed by atoms with van der Waals surface area (Å²) >= 11 is 6.32. The van der Waals surface area contributed by atoms with Crippen LogP contribution in [0, 0.1) is 6.92 Å². The van der Waals surface area contributed by atoms with Crippen LogP contribution >= 0.6 is 11.6 Å². The number of amides is 1. The zero-order valence-corrected chi connectivity index (χ0v) is 35.5. The summed E-state index contributed by atoms with van der Waals surface area (Å²) in [5.74, 6) is 0.454. The van der Waals surface area contributed by atoms with Gasteiger partial charge in [-0.1, -0.05) is 41.9 Å². The number of aromatic nitrogens is 1. The minimum absolute atomic E-state index is 0.0599. The van der Waals surface area contributed by atoms with E-state index in [0.717, 1.165) is 105 Å². The van der Waals surface area contributed by atoms with E-state index in [4.69, 9.17) is 16.3 Å². The fraction of sp³-hybridized carbons (Fsp3) is 0.356. The van der Waals surface area contributed by atoms with Gasteiger partial charge in [-0.2, -0.15) is 0 Å². The molecule has 0 atom stereocenters. The normalized spacial score (nSPS) is 15.4. The van der Waals surface area contributed by atoms with E-state index in [1.807, 2.05) is 57.3 Å². The lowest BCUT2D eigenvalue weighted by Crippen LogP contribution is -2.46. The number of nitrogens with one attached hydrogen (secondary N) is 2. The number of sulfonamides is 1. The van der Waals surface area contributed by atoms with Crippen LogP contribution in [0.15, 0.2) is 102 Å². The Morgan fingerprint density at radius 3 is 2.14 bits per heavy atom. The van der Waals surface area contributed by atoms with Crippen LogP contribution in [0.4, 0.5) is 17.1 Å². The number of carbonyl (C=O) groups is 1. The van der Waals surface area contributed by atoms with Gasteiger partial charge < -0.3 is 34.2 Å². The van der Waals surface area contributed by atoms with Crippen molar-refractivity contribution in [3.63, 3.8) is 0 Å². The predicted molar refractivity (Wildman–Crippen MR) is 236 cm³/mol. The third-order valence-corrected chi connectivity index (χ3v) is 12.9. The topological polar surface area (TPSA) is 102 Å². The predicted octanol–water partition coefficient (Wildman–Crippen LogP) is 7.21. The average Bonchev–Trinajstić information content (AvgIpc) is 3.50. The Hall–Kier alpha value is -5.01. The maximum Gasteiger partial charge on any atom is 0.262 e. The number of benzene rings is 4. The van der Waals surface area contributed by atoms with E-state index in [1.54, 1.807) is 30.3 Å². The number of carbonyl (C=O) groups excluding carboxylic acids is 1. The van der Waals surface area contributed by atoms with E-state index >= 15 is 0 Å². The van der Waals surface area contributed by atoms with Crippen LogP contribution < -0.4 is 24.6 Å². The molecule has 5 aromatic rings. The molecular weight excluding hydrogens is 770 g/mol. The largest absolute Gasteiger partial charge is 0.494 e. The molecule has 2 aliphatic heterocycles. The third-order valence-electron chi connectivity index (χ3n) is 11.3. The first-order chi connectivity index (χ1) is 28.0. The van der Waals surface area contributed by atoms with Gasteiger partial charge in [0.25, 0.3) is 15.9 Å². The quantitative estimate of drug-likeness (QED) is 0.113. The van der Waals surface area contributed by atoms with Gasteiger partial charge in [0.2, 0.25) is 0 Å². The summed E-state index contributed by atoms with van der Waals surface area (Å²) in [6.07, 6.45) is 0.898. The van der Waals surface area contributed by atoms with Gasteiger partial charge in [-0.15, -0.1) is 0 Å². The molecule has 2 fully saturated rings. The Balaban J connectivity index is 1.05. The number of rotatable bonds is 14. The Labute approximate surface area is 348 Å². The van der Waals surface area contributed by atoms with Crippen LogP contribution in [0.25, 0.3) is 22.4 Å². The molecule has 0 radical (unpaired) electrons. The number of piperazine rings is 2. The molecule has 0 unspecified atom stereocenters. The van der Waals surface area contributed by atoms with Gasteiger partial charge in [0.05, 0.1) is 22.8 Å². The summed E-state index contributed by atoms with van der Waals surface area (Å²) in [5.41, 5.74) is 8.09. The average molecular weight is 824 g/mol. The number of ether oxygens (including phenoxy) is 1. The highest BCUT2D eigenvalue weighted by atomic mass is 35.5. The first kappa shape index (κ1) is 41.2. The number of likely N-dealkylation sites (N-methyl/N-ethyl adjacent to an activating group) is 1. The van der Waals surface area contributed by atoms with Crippen LogP contribution in [-0.4, -0.2) is 108 Å². The van der Waals surface area contributed by atoms with Gasteiger partial charge >= 0.3 is 0 Å². The van der Waals surface area contributed by atoms with Crippen LogP contribution in [0.1, 0.15) is 29.4 Å². The van der Waals surface area contributed by atoms with Crippen molar-refractivity contribution in [2.24, 2.45) is 7.05 Å². The van der Waals surface area contributed by atoms with Crippen LogP contribution in [0.3, 0.4) is 0 Å². The lowest BCUT2D eigenvalue weighted by Gasteiger charge is -2.37. The molecule has 0 spiro atoms. The fourth-order valence-corrected chi connectivity index (χ4v) is 9.12. The molecule has 2 aliphatic rings. The van der Waals surface area contributed by atoms with Crippen molar-refractivity contribution in [2.75, 3.05) is 93.6 Å². The maximum absolute atomic E-state index is 14.1. The Morgan fingerprint density at radius 1 is 0.776 bits per heavy atom. The first-order valence-corrected chi connectivity index (χ1v) is 22.0. The molecule has 306 valence electrons. The number of hydrogen-bond acceptors (Lipinski definition) is 8. The minimum atomic E-state index is -3.78. The van der Waals surface area contributed by atoms with E-state index in [0.29, 0.717) is 35.2 Å². The van der Waals surface area contributed by atoms with Gasteiger partial charge in [-0.3, -0.25) is 9.52 Å². The molecule has 2 saturated heterocycles. The summed E-state index contributed by atoms with van der Waals surface area (Å²) in [4.78, 5) is 23.8. The van der Waals surface area contributed by atoms with Crippen LogP contribution in [0.5, 0.6) is 5.75 Å². The summed E-state index contributed by atoms with van der Waals surface area (Å²) < 4.78 is 36.5. The second-order valence-corrected chi connectivity index (χ2v) is 17.2. The molecule has 1 aromatic heterocycles. The minimum Gasteiger partial charge on any atom is -0.494 e. The standard InChI is InChI=1S/C45H54ClN7O4S/c1-5-57-40-11-7-12-41(32-40)58(55,56)48-37-17-19-38(20-18-37)52-27-29-53(30-28-52)39-10-6-9-35(31-39)43-42(33(2)50(4)44(43)34-13-15-36(46)16-14-34)45(54)47-21-8-22-51-25-23-49(3)24-26-51/h6-7,9-20,31-32,48H,5,8,21-30H2,1-4H3,(H,47,54). The van der Waals surface area contributed by atoms with E-state index < -0.39 is 10.0 Å². The SMILES string of the molecule is CCOc1cccc(S(=O)(=O)Nc2ccc(N3CCN(c4cccc(-c5c(C(=O)NCCCN6CCN(C)CC6)c(C)n(C)c5-c5ccc(Cl)cc5)c4)CC3)cc2)c1. The summed E-state index contributed by atoms with van der Waals surface area (Å²) in [5, 5.41) is 3.92. The Kier molecular flexibility index (Phi) is 13.0. The van der Waals surface area contributed by atoms with E-state index in [2.05, 4.69) is 65.5 Å². The van der Waals surface area contributed by atoms with Gasteiger partial charge in [0.1, 0.15) is 5.75 Å². The van der Waals surface area contributed by atoms with Crippen molar-refractivity contribution in [3.05, 3.63) is 113 Å². The van der Waals surface area contributed by atoms with Crippen LogP contribution in [0.2, 0.25) is 5.02 Å².